The van der Waals surface area contributed by atoms with E-state index >= 15 is 0 Å². The molecule has 1 aromatic carbocycles. The molecule has 0 aliphatic heterocycles. The first kappa shape index (κ1) is 14.6. The fourth-order valence-electron chi connectivity index (χ4n) is 1.24. The average molecular weight is 277 g/mol. The van der Waals surface area contributed by atoms with Crippen molar-refractivity contribution in [3.63, 3.8) is 0 Å². The standard InChI is InChI=1S/C11H13F2NO3S/c1-2-3-4-5-17-11-9(12)6-8(7-10(11)13)18(14,15)16/h2,6-7H,1,3-5H2,(H2,14,15,16). The van der Waals surface area contributed by atoms with Crippen LogP contribution in [0.3, 0.4) is 0 Å². The molecule has 0 radical (unpaired) electrons. The SMILES string of the molecule is C=CCCCOc1c(F)cc(S(N)(=O)=O)cc1F. The molecular weight excluding hydrogens is 264 g/mol. The van der Waals surface area contributed by atoms with Crippen molar-refractivity contribution < 1.29 is 21.9 Å². The minimum absolute atomic E-state index is 0.106. The van der Waals surface area contributed by atoms with Crippen molar-refractivity contribution in [1.82, 2.24) is 0 Å². The van der Waals surface area contributed by atoms with Crippen molar-refractivity contribution in [2.75, 3.05) is 6.61 Å². The third-order valence-corrected chi connectivity index (χ3v) is 2.99. The second-order valence-electron chi connectivity index (χ2n) is 3.54. The number of nitrogens with two attached hydrogens (primary N) is 1. The van der Waals surface area contributed by atoms with Crippen LogP contribution in [0.4, 0.5) is 8.78 Å². The third kappa shape index (κ3) is 3.78. The molecule has 1 rings (SSSR count). The summed E-state index contributed by atoms with van der Waals surface area (Å²) in [6, 6.07) is 1.25. The predicted octanol–water partition coefficient (Wildman–Crippen LogP) is 1.96. The van der Waals surface area contributed by atoms with Gasteiger partial charge in [-0.2, -0.15) is 0 Å². The molecule has 0 bridgehead atoms. The quantitative estimate of drug-likeness (QED) is 0.638. The van der Waals surface area contributed by atoms with Gasteiger partial charge in [-0.25, -0.2) is 22.3 Å². The van der Waals surface area contributed by atoms with E-state index < -0.39 is 32.3 Å². The molecule has 100 valence electrons. The zero-order chi connectivity index (χ0) is 13.8. The van der Waals surface area contributed by atoms with E-state index in [-0.39, 0.29) is 6.61 Å². The van der Waals surface area contributed by atoms with Crippen molar-refractivity contribution in [3.05, 3.63) is 36.4 Å². The van der Waals surface area contributed by atoms with Crippen LogP contribution in [-0.4, -0.2) is 15.0 Å². The van der Waals surface area contributed by atoms with Gasteiger partial charge in [0.25, 0.3) is 0 Å². The Balaban J connectivity index is 2.92. The van der Waals surface area contributed by atoms with Crippen LogP contribution in [0.5, 0.6) is 5.75 Å². The van der Waals surface area contributed by atoms with Gasteiger partial charge < -0.3 is 4.74 Å². The van der Waals surface area contributed by atoms with Crippen LogP contribution in [0.2, 0.25) is 0 Å². The number of sulfonamides is 1. The van der Waals surface area contributed by atoms with E-state index in [0.717, 1.165) is 0 Å². The van der Waals surface area contributed by atoms with Crippen LogP contribution in [0, 0.1) is 11.6 Å². The summed E-state index contributed by atoms with van der Waals surface area (Å²) in [6.45, 7) is 3.60. The van der Waals surface area contributed by atoms with Gasteiger partial charge in [-0.1, -0.05) is 6.08 Å². The smallest absolute Gasteiger partial charge is 0.238 e. The van der Waals surface area contributed by atoms with Gasteiger partial charge in [-0.05, 0) is 25.0 Å². The predicted molar refractivity (Wildman–Crippen MR) is 62.7 cm³/mol. The molecule has 0 aromatic heterocycles. The molecule has 0 aliphatic rings. The number of unbranched alkanes of at least 4 members (excludes halogenated alkanes) is 1. The zero-order valence-electron chi connectivity index (χ0n) is 9.53. The highest BCUT2D eigenvalue weighted by Crippen LogP contribution is 2.25. The molecule has 7 heteroatoms. The van der Waals surface area contributed by atoms with E-state index in [4.69, 9.17) is 9.88 Å². The number of benzene rings is 1. The normalized spacial score (nSPS) is 11.3. The van der Waals surface area contributed by atoms with E-state index in [0.29, 0.717) is 25.0 Å². The molecule has 0 heterocycles. The van der Waals surface area contributed by atoms with Crippen LogP contribution in [0.1, 0.15) is 12.8 Å². The molecule has 0 amide bonds. The van der Waals surface area contributed by atoms with Gasteiger partial charge in [0, 0.05) is 0 Å². The topological polar surface area (TPSA) is 69.4 Å². The minimum Gasteiger partial charge on any atom is -0.488 e. The lowest BCUT2D eigenvalue weighted by atomic mass is 10.3. The monoisotopic (exact) mass is 277 g/mol. The summed E-state index contributed by atoms with van der Waals surface area (Å²) in [5.41, 5.74) is 0. The lowest BCUT2D eigenvalue weighted by Crippen LogP contribution is -2.13. The molecule has 4 nitrogen and oxygen atoms in total. The Morgan fingerprint density at radius 2 is 1.89 bits per heavy atom. The van der Waals surface area contributed by atoms with Crippen LogP contribution < -0.4 is 9.88 Å². The second-order valence-corrected chi connectivity index (χ2v) is 5.10. The van der Waals surface area contributed by atoms with Crippen molar-refractivity contribution in [2.45, 2.75) is 17.7 Å². The zero-order valence-corrected chi connectivity index (χ0v) is 10.3. The van der Waals surface area contributed by atoms with E-state index in [1.54, 1.807) is 6.08 Å². The summed E-state index contributed by atoms with van der Waals surface area (Å²) in [5.74, 6) is -2.80. The number of rotatable bonds is 6. The average Bonchev–Trinajstić information content (AvgIpc) is 2.25. The maximum atomic E-state index is 13.4. The van der Waals surface area contributed by atoms with Gasteiger partial charge in [-0.15, -0.1) is 6.58 Å². The molecule has 18 heavy (non-hydrogen) atoms. The maximum Gasteiger partial charge on any atom is 0.238 e. The number of allylic oxidation sites excluding steroid dienone is 1. The summed E-state index contributed by atoms with van der Waals surface area (Å²) in [7, 11) is -4.14. The molecule has 0 unspecified atom stereocenters. The number of hydrogen-bond acceptors (Lipinski definition) is 3. The highest BCUT2D eigenvalue weighted by Gasteiger charge is 2.17. The van der Waals surface area contributed by atoms with Crippen LogP contribution in [0.25, 0.3) is 0 Å². The molecular formula is C11H13F2NO3S. The second kappa shape index (κ2) is 5.92. The van der Waals surface area contributed by atoms with Crippen molar-refractivity contribution >= 4 is 10.0 Å². The number of primary sulfonamides is 1. The minimum atomic E-state index is -4.14. The van der Waals surface area contributed by atoms with Crippen molar-refractivity contribution in [1.29, 1.82) is 0 Å². The van der Waals surface area contributed by atoms with E-state index in [2.05, 4.69) is 6.58 Å². The fraction of sp³-hybridized carbons (Fsp3) is 0.273. The van der Waals surface area contributed by atoms with Gasteiger partial charge >= 0.3 is 0 Å². The lowest BCUT2D eigenvalue weighted by molar-refractivity contribution is 0.280. The molecule has 0 saturated carbocycles. The fourth-order valence-corrected chi connectivity index (χ4v) is 1.78. The van der Waals surface area contributed by atoms with E-state index in [1.165, 1.54) is 0 Å². The Morgan fingerprint density at radius 1 is 1.33 bits per heavy atom. The Morgan fingerprint density at radius 3 is 2.33 bits per heavy atom. The lowest BCUT2D eigenvalue weighted by Gasteiger charge is -2.09. The van der Waals surface area contributed by atoms with Crippen LogP contribution in [0.15, 0.2) is 29.7 Å². The van der Waals surface area contributed by atoms with E-state index in [1.807, 2.05) is 0 Å². The molecule has 0 saturated heterocycles. The molecule has 0 aliphatic carbocycles. The summed E-state index contributed by atoms with van der Waals surface area (Å²) >= 11 is 0. The van der Waals surface area contributed by atoms with Gasteiger partial charge in [-0.3, -0.25) is 0 Å². The Labute approximate surface area is 104 Å². The summed E-state index contributed by atoms with van der Waals surface area (Å²) < 4.78 is 53.7. The van der Waals surface area contributed by atoms with Gasteiger partial charge in [0.2, 0.25) is 10.0 Å². The van der Waals surface area contributed by atoms with Crippen molar-refractivity contribution in [2.24, 2.45) is 5.14 Å². The van der Waals surface area contributed by atoms with Crippen LogP contribution in [-0.2, 0) is 10.0 Å². The van der Waals surface area contributed by atoms with Gasteiger partial charge in [0.05, 0.1) is 11.5 Å². The highest BCUT2D eigenvalue weighted by molar-refractivity contribution is 7.89. The Hall–Kier alpha value is -1.47. The molecule has 1 aromatic rings. The molecule has 2 N–H and O–H groups in total. The van der Waals surface area contributed by atoms with E-state index in [9.17, 15) is 17.2 Å². The Bertz CT molecular complexity index is 520. The summed E-state index contributed by atoms with van der Waals surface area (Å²) in [4.78, 5) is -0.629. The first-order chi connectivity index (χ1) is 8.36. The number of ether oxygens (including phenoxy) is 1. The highest BCUT2D eigenvalue weighted by atomic mass is 32.2. The summed E-state index contributed by atoms with van der Waals surface area (Å²) in [5, 5.41) is 4.77. The first-order valence-corrected chi connectivity index (χ1v) is 6.66. The Kier molecular flexibility index (Phi) is 4.80. The van der Waals surface area contributed by atoms with Gasteiger partial charge in [0.1, 0.15) is 0 Å². The van der Waals surface area contributed by atoms with Gasteiger partial charge in [0.15, 0.2) is 17.4 Å². The number of halogens is 2. The molecule has 0 atom stereocenters. The summed E-state index contributed by atoms with van der Waals surface area (Å²) in [6.07, 6.45) is 2.86. The first-order valence-electron chi connectivity index (χ1n) is 5.12. The third-order valence-electron chi connectivity index (χ3n) is 2.10. The molecule has 0 spiro atoms. The van der Waals surface area contributed by atoms with Crippen molar-refractivity contribution in [3.8, 4) is 5.75 Å². The largest absolute Gasteiger partial charge is 0.488 e. The van der Waals surface area contributed by atoms with Crippen LogP contribution >= 0.6 is 0 Å². The molecule has 0 fully saturated rings. The maximum absolute atomic E-state index is 13.4. The number of hydrogen-bond donors (Lipinski definition) is 1.